The fourth-order valence-corrected chi connectivity index (χ4v) is 3.78. The van der Waals surface area contributed by atoms with Gasteiger partial charge in [-0.3, -0.25) is 0 Å². The third-order valence-electron chi connectivity index (χ3n) is 4.91. The zero-order valence-electron chi connectivity index (χ0n) is 12.9. The molecule has 3 heteroatoms. The van der Waals surface area contributed by atoms with Crippen LogP contribution in [0.2, 0.25) is 0 Å². The molecule has 1 aromatic rings. The van der Waals surface area contributed by atoms with Crippen LogP contribution in [0.4, 0.5) is 4.39 Å². The second-order valence-corrected chi connectivity index (χ2v) is 6.48. The van der Waals surface area contributed by atoms with Crippen LogP contribution >= 0.6 is 0 Å². The van der Waals surface area contributed by atoms with E-state index in [1.165, 1.54) is 32.1 Å². The van der Waals surface area contributed by atoms with E-state index in [0.717, 1.165) is 30.7 Å². The Balaban J connectivity index is 1.80. The molecule has 0 radical (unpaired) electrons. The molecule has 0 aromatic heterocycles. The Bertz CT molecular complexity index is 470. The highest BCUT2D eigenvalue weighted by molar-refractivity contribution is 5.38. The van der Waals surface area contributed by atoms with Gasteiger partial charge in [0.2, 0.25) is 0 Å². The average Bonchev–Trinajstić information content (AvgIpc) is 2.52. The Morgan fingerprint density at radius 1 is 1.24 bits per heavy atom. The van der Waals surface area contributed by atoms with Crippen molar-refractivity contribution in [3.63, 3.8) is 0 Å². The first kappa shape index (κ1) is 14.8. The third-order valence-corrected chi connectivity index (χ3v) is 4.91. The molecule has 0 saturated heterocycles. The zero-order chi connectivity index (χ0) is 14.7. The monoisotopic (exact) mass is 291 g/mol. The number of hydrogen-bond acceptors (Lipinski definition) is 2. The lowest BCUT2D eigenvalue weighted by molar-refractivity contribution is 0.0724. The minimum atomic E-state index is -0.202. The van der Waals surface area contributed by atoms with Crippen LogP contribution in [0.25, 0.3) is 0 Å². The molecule has 1 aromatic carbocycles. The maximum atomic E-state index is 13.5. The van der Waals surface area contributed by atoms with E-state index in [-0.39, 0.29) is 11.9 Å². The fraction of sp³-hybridized carbons (Fsp3) is 0.667. The molecule has 1 aliphatic heterocycles. The lowest BCUT2D eigenvalue weighted by Gasteiger charge is -2.38. The first-order valence-corrected chi connectivity index (χ1v) is 8.47. The lowest BCUT2D eigenvalue weighted by Crippen LogP contribution is -2.38. The molecule has 0 amide bonds. The van der Waals surface area contributed by atoms with Crippen molar-refractivity contribution >= 4 is 0 Å². The van der Waals surface area contributed by atoms with E-state index in [2.05, 4.69) is 12.2 Å². The molecule has 2 nitrogen and oxygen atoms in total. The van der Waals surface area contributed by atoms with Gasteiger partial charge in [0.05, 0.1) is 0 Å². The van der Waals surface area contributed by atoms with Crippen molar-refractivity contribution in [2.75, 3.05) is 6.54 Å². The molecular formula is C18H26FNO. The van der Waals surface area contributed by atoms with Crippen LogP contribution in [0.1, 0.15) is 63.5 Å². The quantitative estimate of drug-likeness (QED) is 0.875. The predicted molar refractivity (Wildman–Crippen MR) is 83.0 cm³/mol. The Labute approximate surface area is 127 Å². The molecule has 0 spiro atoms. The van der Waals surface area contributed by atoms with Gasteiger partial charge in [-0.2, -0.15) is 0 Å². The average molecular weight is 291 g/mol. The molecule has 1 heterocycles. The van der Waals surface area contributed by atoms with Crippen molar-refractivity contribution in [3.05, 3.63) is 29.6 Å². The second kappa shape index (κ2) is 6.78. The highest BCUT2D eigenvalue weighted by atomic mass is 19.1. The first-order valence-electron chi connectivity index (χ1n) is 8.47. The number of halogens is 1. The number of fused-ring (bicyclic) bond motifs is 1. The van der Waals surface area contributed by atoms with Crippen LogP contribution in [-0.2, 0) is 0 Å². The molecule has 1 aliphatic carbocycles. The molecular weight excluding hydrogens is 265 g/mol. The number of benzene rings is 1. The predicted octanol–water partition coefficient (Wildman–Crippen LogP) is 4.60. The minimum Gasteiger partial charge on any atom is -0.490 e. The number of rotatable bonds is 4. The van der Waals surface area contributed by atoms with Crippen molar-refractivity contribution in [1.29, 1.82) is 0 Å². The summed E-state index contributed by atoms with van der Waals surface area (Å²) in [7, 11) is 0. The van der Waals surface area contributed by atoms with Gasteiger partial charge in [0.25, 0.3) is 0 Å². The van der Waals surface area contributed by atoms with Gasteiger partial charge in [0.15, 0.2) is 0 Å². The van der Waals surface area contributed by atoms with Crippen molar-refractivity contribution in [2.24, 2.45) is 5.92 Å². The summed E-state index contributed by atoms with van der Waals surface area (Å²) in [5, 5.41) is 3.61. The van der Waals surface area contributed by atoms with E-state index in [1.54, 1.807) is 12.1 Å². The summed E-state index contributed by atoms with van der Waals surface area (Å²) >= 11 is 0. The summed E-state index contributed by atoms with van der Waals surface area (Å²) in [5.41, 5.74) is 1.12. The Kier molecular flexibility index (Phi) is 4.79. The second-order valence-electron chi connectivity index (χ2n) is 6.48. The number of ether oxygens (including phenoxy) is 1. The van der Waals surface area contributed by atoms with Gasteiger partial charge in [-0.1, -0.05) is 32.3 Å². The van der Waals surface area contributed by atoms with Crippen LogP contribution < -0.4 is 10.1 Å². The third kappa shape index (κ3) is 3.39. The van der Waals surface area contributed by atoms with Crippen molar-refractivity contribution < 1.29 is 9.13 Å². The molecule has 116 valence electrons. The van der Waals surface area contributed by atoms with Crippen LogP contribution in [0.15, 0.2) is 18.2 Å². The van der Waals surface area contributed by atoms with Crippen molar-refractivity contribution in [2.45, 2.75) is 64.0 Å². The summed E-state index contributed by atoms with van der Waals surface area (Å²) in [6.45, 7) is 3.18. The Hall–Kier alpha value is -1.09. The maximum absolute atomic E-state index is 13.5. The van der Waals surface area contributed by atoms with E-state index < -0.39 is 0 Å². The van der Waals surface area contributed by atoms with E-state index in [9.17, 15) is 4.39 Å². The normalized spacial score (nSPS) is 26.2. The van der Waals surface area contributed by atoms with Gasteiger partial charge >= 0.3 is 0 Å². The zero-order valence-corrected chi connectivity index (χ0v) is 12.9. The van der Waals surface area contributed by atoms with E-state index in [1.807, 2.05) is 6.07 Å². The van der Waals surface area contributed by atoms with Crippen LogP contribution in [0.3, 0.4) is 0 Å². The van der Waals surface area contributed by atoms with E-state index in [4.69, 9.17) is 4.74 Å². The summed E-state index contributed by atoms with van der Waals surface area (Å²) in [5.74, 6) is 1.19. The van der Waals surface area contributed by atoms with E-state index >= 15 is 0 Å². The maximum Gasteiger partial charge on any atom is 0.127 e. The van der Waals surface area contributed by atoms with Crippen LogP contribution in [0, 0.1) is 11.7 Å². The minimum absolute atomic E-state index is 0.202. The topological polar surface area (TPSA) is 21.3 Å². The summed E-state index contributed by atoms with van der Waals surface area (Å²) < 4.78 is 19.7. The lowest BCUT2D eigenvalue weighted by atomic mass is 9.81. The van der Waals surface area contributed by atoms with Gasteiger partial charge in [-0.15, -0.1) is 0 Å². The van der Waals surface area contributed by atoms with Gasteiger partial charge < -0.3 is 10.1 Å². The smallest absolute Gasteiger partial charge is 0.127 e. The van der Waals surface area contributed by atoms with Gasteiger partial charge in [0, 0.05) is 24.1 Å². The molecule has 1 saturated carbocycles. The van der Waals surface area contributed by atoms with Crippen LogP contribution in [0.5, 0.6) is 5.75 Å². The molecule has 0 bridgehead atoms. The van der Waals surface area contributed by atoms with Crippen molar-refractivity contribution in [3.8, 4) is 5.75 Å². The molecule has 2 atom stereocenters. The Morgan fingerprint density at radius 2 is 2.05 bits per heavy atom. The highest BCUT2D eigenvalue weighted by Gasteiger charge is 2.33. The fourth-order valence-electron chi connectivity index (χ4n) is 3.78. The number of hydrogen-bond donors (Lipinski definition) is 1. The Morgan fingerprint density at radius 3 is 2.81 bits per heavy atom. The standard InChI is InChI=1S/C18H26FNO/c1-2-10-20-16-12-17(13-6-4-3-5-7-13)21-18-11-14(19)8-9-15(16)18/h8-9,11,13,16-17,20H,2-7,10,12H2,1H3. The van der Waals surface area contributed by atoms with Gasteiger partial charge in [-0.25, -0.2) is 4.39 Å². The van der Waals surface area contributed by atoms with Crippen LogP contribution in [-0.4, -0.2) is 12.6 Å². The summed E-state index contributed by atoms with van der Waals surface area (Å²) in [4.78, 5) is 0. The van der Waals surface area contributed by atoms with E-state index in [0.29, 0.717) is 12.0 Å². The summed E-state index contributed by atoms with van der Waals surface area (Å²) in [6, 6.07) is 5.30. The highest BCUT2D eigenvalue weighted by Crippen LogP contribution is 2.40. The van der Waals surface area contributed by atoms with Gasteiger partial charge in [0.1, 0.15) is 17.7 Å². The molecule has 1 fully saturated rings. The molecule has 2 aliphatic rings. The number of nitrogens with one attached hydrogen (secondary N) is 1. The van der Waals surface area contributed by atoms with Gasteiger partial charge in [-0.05, 0) is 37.8 Å². The summed E-state index contributed by atoms with van der Waals surface area (Å²) in [6.07, 6.45) is 8.87. The largest absolute Gasteiger partial charge is 0.490 e. The SMILES string of the molecule is CCCNC1CC(C2CCCCC2)Oc2cc(F)ccc21. The molecule has 2 unspecified atom stereocenters. The molecule has 21 heavy (non-hydrogen) atoms. The first-order chi connectivity index (χ1) is 10.3. The molecule has 1 N–H and O–H groups in total. The molecule has 3 rings (SSSR count). The van der Waals surface area contributed by atoms with Crippen molar-refractivity contribution in [1.82, 2.24) is 5.32 Å².